The van der Waals surface area contributed by atoms with Gasteiger partial charge in [0.1, 0.15) is 11.8 Å². The van der Waals surface area contributed by atoms with Crippen LogP contribution in [0.4, 0.5) is 0 Å². The molecule has 0 bridgehead atoms. The van der Waals surface area contributed by atoms with E-state index in [-0.39, 0.29) is 24.7 Å². The van der Waals surface area contributed by atoms with Crippen LogP contribution in [0.15, 0.2) is 55.1 Å². The highest BCUT2D eigenvalue weighted by atomic mass is 16.5. The number of aryl methyl sites for hydroxylation is 1. The maximum atomic E-state index is 12.4. The highest BCUT2D eigenvalue weighted by molar-refractivity contribution is 5.94. The summed E-state index contributed by atoms with van der Waals surface area (Å²) in [4.78, 5) is 20.6. The molecule has 0 aliphatic carbocycles. The van der Waals surface area contributed by atoms with Gasteiger partial charge in [0.15, 0.2) is 0 Å². The highest BCUT2D eigenvalue weighted by Crippen LogP contribution is 2.23. The van der Waals surface area contributed by atoms with Crippen LogP contribution in [0.3, 0.4) is 0 Å². The van der Waals surface area contributed by atoms with Crippen molar-refractivity contribution >= 4 is 5.91 Å². The second kappa shape index (κ2) is 9.55. The molecular formula is C21H24N6O3. The molecule has 0 radical (unpaired) electrons. The molecule has 156 valence electrons. The third-order valence-corrected chi connectivity index (χ3v) is 5.18. The minimum absolute atomic E-state index is 0.0174. The van der Waals surface area contributed by atoms with Crippen molar-refractivity contribution in [3.05, 3.63) is 60.7 Å². The third-order valence-electron chi connectivity index (χ3n) is 5.18. The smallest absolute Gasteiger partial charge is 0.253 e. The van der Waals surface area contributed by atoms with Gasteiger partial charge in [-0.25, -0.2) is 0 Å². The van der Waals surface area contributed by atoms with Crippen LogP contribution in [0, 0.1) is 0 Å². The Balaban J connectivity index is 1.29. The SMILES string of the molecule is O=C(N[C@@H]1CC[C@@H](CCn2cc(-c3ccccn3)nn2)O[C@@H]1CO)c1cccnc1. The Morgan fingerprint density at radius 3 is 2.90 bits per heavy atom. The van der Waals surface area contributed by atoms with E-state index in [9.17, 15) is 9.90 Å². The van der Waals surface area contributed by atoms with Crippen LogP contribution in [0.1, 0.15) is 29.6 Å². The van der Waals surface area contributed by atoms with Gasteiger partial charge in [-0.05, 0) is 43.5 Å². The van der Waals surface area contributed by atoms with Crippen LogP contribution in [-0.4, -0.2) is 60.8 Å². The minimum Gasteiger partial charge on any atom is -0.394 e. The Bertz CT molecular complexity index is 950. The predicted octanol–water partition coefficient (Wildman–Crippen LogP) is 1.46. The molecule has 1 aliphatic rings. The predicted molar refractivity (Wildman–Crippen MR) is 108 cm³/mol. The first-order valence-corrected chi connectivity index (χ1v) is 10.0. The zero-order valence-electron chi connectivity index (χ0n) is 16.5. The fourth-order valence-electron chi connectivity index (χ4n) is 3.57. The van der Waals surface area contributed by atoms with E-state index in [2.05, 4.69) is 25.6 Å². The van der Waals surface area contributed by atoms with E-state index in [1.807, 2.05) is 24.4 Å². The van der Waals surface area contributed by atoms with E-state index in [1.165, 1.54) is 6.20 Å². The van der Waals surface area contributed by atoms with Gasteiger partial charge in [0, 0.05) is 25.1 Å². The number of aliphatic hydroxyl groups excluding tert-OH is 1. The largest absolute Gasteiger partial charge is 0.394 e. The lowest BCUT2D eigenvalue weighted by Gasteiger charge is -2.36. The van der Waals surface area contributed by atoms with Gasteiger partial charge in [-0.1, -0.05) is 11.3 Å². The van der Waals surface area contributed by atoms with E-state index in [0.29, 0.717) is 12.1 Å². The van der Waals surface area contributed by atoms with Crippen molar-refractivity contribution in [1.82, 2.24) is 30.3 Å². The van der Waals surface area contributed by atoms with Crippen molar-refractivity contribution in [2.45, 2.75) is 44.1 Å². The summed E-state index contributed by atoms with van der Waals surface area (Å²) in [5.74, 6) is -0.210. The summed E-state index contributed by atoms with van der Waals surface area (Å²) in [6.07, 6.45) is 8.54. The number of carbonyl (C=O) groups excluding carboxylic acids is 1. The maximum Gasteiger partial charge on any atom is 0.253 e. The topological polar surface area (TPSA) is 115 Å². The monoisotopic (exact) mass is 408 g/mol. The second-order valence-corrected chi connectivity index (χ2v) is 7.25. The van der Waals surface area contributed by atoms with Gasteiger partial charge < -0.3 is 15.2 Å². The number of nitrogens with one attached hydrogen (secondary N) is 1. The Labute approximate surface area is 174 Å². The van der Waals surface area contributed by atoms with Crippen LogP contribution in [0.25, 0.3) is 11.4 Å². The van der Waals surface area contributed by atoms with Gasteiger partial charge in [0.2, 0.25) is 0 Å². The number of amides is 1. The molecule has 4 rings (SSSR count). The van der Waals surface area contributed by atoms with Crippen molar-refractivity contribution in [1.29, 1.82) is 0 Å². The normalized spacial score (nSPS) is 21.3. The summed E-state index contributed by atoms with van der Waals surface area (Å²) in [7, 11) is 0. The van der Waals surface area contributed by atoms with Crippen molar-refractivity contribution in [2.75, 3.05) is 6.61 Å². The molecule has 4 heterocycles. The molecule has 2 N–H and O–H groups in total. The standard InChI is InChI=1S/C21H24N6O3/c28-14-20-18(24-21(29)15-4-3-9-22-12-15)7-6-16(30-20)8-11-27-13-19(25-26-27)17-5-1-2-10-23-17/h1-5,9-10,12-13,16,18,20,28H,6-8,11,14H2,(H,24,29)/t16-,18+,20+/m0/s1. The van der Waals surface area contributed by atoms with Crippen LogP contribution in [0.2, 0.25) is 0 Å². The van der Waals surface area contributed by atoms with Crippen molar-refractivity contribution in [2.24, 2.45) is 0 Å². The molecule has 0 aromatic carbocycles. The molecule has 3 atom stereocenters. The summed E-state index contributed by atoms with van der Waals surface area (Å²) < 4.78 is 7.82. The van der Waals surface area contributed by atoms with E-state index in [0.717, 1.165) is 30.7 Å². The molecule has 30 heavy (non-hydrogen) atoms. The Morgan fingerprint density at radius 1 is 1.20 bits per heavy atom. The third kappa shape index (κ3) is 4.87. The van der Waals surface area contributed by atoms with Crippen LogP contribution >= 0.6 is 0 Å². The number of hydrogen-bond acceptors (Lipinski definition) is 7. The molecule has 0 unspecified atom stereocenters. The summed E-state index contributed by atoms with van der Waals surface area (Å²) in [5.41, 5.74) is 2.00. The van der Waals surface area contributed by atoms with Crippen molar-refractivity contribution in [3.63, 3.8) is 0 Å². The van der Waals surface area contributed by atoms with Crippen LogP contribution < -0.4 is 5.32 Å². The summed E-state index contributed by atoms with van der Waals surface area (Å²) in [6, 6.07) is 8.86. The average Bonchev–Trinajstić information content (AvgIpc) is 3.28. The Hall–Kier alpha value is -3.17. The molecule has 3 aromatic heterocycles. The number of hydrogen-bond donors (Lipinski definition) is 2. The van der Waals surface area contributed by atoms with Gasteiger partial charge in [-0.15, -0.1) is 5.10 Å². The Morgan fingerprint density at radius 2 is 2.13 bits per heavy atom. The van der Waals surface area contributed by atoms with Gasteiger partial charge in [0.25, 0.3) is 5.91 Å². The highest BCUT2D eigenvalue weighted by Gasteiger charge is 2.32. The Kier molecular flexibility index (Phi) is 6.41. The second-order valence-electron chi connectivity index (χ2n) is 7.25. The summed E-state index contributed by atoms with van der Waals surface area (Å²) in [6.45, 7) is 0.497. The maximum absolute atomic E-state index is 12.4. The van der Waals surface area contributed by atoms with Crippen LogP contribution in [-0.2, 0) is 11.3 Å². The van der Waals surface area contributed by atoms with Gasteiger partial charge >= 0.3 is 0 Å². The van der Waals surface area contributed by atoms with Crippen LogP contribution in [0.5, 0.6) is 0 Å². The number of aliphatic hydroxyl groups is 1. The first-order valence-electron chi connectivity index (χ1n) is 10.0. The average molecular weight is 408 g/mol. The number of ether oxygens (including phenoxy) is 1. The van der Waals surface area contributed by atoms with Gasteiger partial charge in [0.05, 0.1) is 36.2 Å². The molecule has 0 saturated carbocycles. The molecule has 9 heteroatoms. The van der Waals surface area contributed by atoms with E-state index in [1.54, 1.807) is 29.2 Å². The first kappa shape index (κ1) is 20.1. The molecule has 9 nitrogen and oxygen atoms in total. The molecule has 0 spiro atoms. The molecular weight excluding hydrogens is 384 g/mol. The lowest BCUT2D eigenvalue weighted by Crippen LogP contribution is -2.51. The first-order chi connectivity index (χ1) is 14.7. The van der Waals surface area contributed by atoms with Gasteiger partial charge in [-0.2, -0.15) is 0 Å². The molecule has 3 aromatic rings. The lowest BCUT2D eigenvalue weighted by atomic mass is 9.97. The number of pyridine rings is 2. The number of nitrogens with zero attached hydrogens (tertiary/aromatic N) is 5. The lowest BCUT2D eigenvalue weighted by molar-refractivity contribution is -0.0912. The van der Waals surface area contributed by atoms with Crippen molar-refractivity contribution in [3.8, 4) is 11.4 Å². The zero-order valence-corrected chi connectivity index (χ0v) is 16.5. The molecule has 1 saturated heterocycles. The summed E-state index contributed by atoms with van der Waals surface area (Å²) in [5, 5.41) is 21.0. The van der Waals surface area contributed by atoms with E-state index in [4.69, 9.17) is 4.74 Å². The fourth-order valence-corrected chi connectivity index (χ4v) is 3.57. The molecule has 1 amide bonds. The van der Waals surface area contributed by atoms with E-state index < -0.39 is 6.10 Å². The van der Waals surface area contributed by atoms with Gasteiger partial charge in [-0.3, -0.25) is 19.4 Å². The fraction of sp³-hybridized carbons (Fsp3) is 0.381. The molecule has 1 fully saturated rings. The molecule has 1 aliphatic heterocycles. The minimum atomic E-state index is -0.441. The summed E-state index contributed by atoms with van der Waals surface area (Å²) >= 11 is 0. The number of aromatic nitrogens is 5. The zero-order chi connectivity index (χ0) is 20.8. The van der Waals surface area contributed by atoms with Crippen molar-refractivity contribution < 1.29 is 14.6 Å². The quantitative estimate of drug-likeness (QED) is 0.608. The number of rotatable bonds is 7. The van der Waals surface area contributed by atoms with E-state index >= 15 is 0 Å². The number of carbonyl (C=O) groups is 1.